The summed E-state index contributed by atoms with van der Waals surface area (Å²) in [5.74, 6) is -0.307. The molecule has 0 aliphatic heterocycles. The van der Waals surface area contributed by atoms with Gasteiger partial charge in [-0.05, 0) is 13.3 Å². The summed E-state index contributed by atoms with van der Waals surface area (Å²) in [6.45, 7) is 1.98. The predicted octanol–water partition coefficient (Wildman–Crippen LogP) is -0.792. The second kappa shape index (κ2) is 5.09. The van der Waals surface area contributed by atoms with E-state index < -0.39 is 6.10 Å². The molecule has 0 aliphatic rings. The van der Waals surface area contributed by atoms with E-state index in [4.69, 9.17) is 10.2 Å². The lowest BCUT2D eigenvalue weighted by atomic mass is 10.3. The van der Waals surface area contributed by atoms with Gasteiger partial charge in [0.25, 0.3) is 5.91 Å². The van der Waals surface area contributed by atoms with Crippen LogP contribution in [-0.2, 0) is 4.79 Å². The summed E-state index contributed by atoms with van der Waals surface area (Å²) >= 11 is 0. The number of nitrogens with zero attached hydrogens (tertiary/aromatic N) is 1. The number of carbonyl (C=O) groups is 1. The molecule has 66 valence electrons. The first-order valence-corrected chi connectivity index (χ1v) is 3.63. The molecule has 0 saturated carbocycles. The van der Waals surface area contributed by atoms with E-state index in [-0.39, 0.29) is 12.5 Å². The topological polar surface area (TPSA) is 60.8 Å². The maximum absolute atomic E-state index is 10.9. The molecule has 0 radical (unpaired) electrons. The van der Waals surface area contributed by atoms with Crippen molar-refractivity contribution in [3.8, 4) is 0 Å². The van der Waals surface area contributed by atoms with Crippen molar-refractivity contribution in [3.63, 3.8) is 0 Å². The fourth-order valence-corrected chi connectivity index (χ4v) is 0.737. The largest absolute Gasteiger partial charge is 0.396 e. The zero-order valence-electron chi connectivity index (χ0n) is 6.95. The van der Waals surface area contributed by atoms with Crippen LogP contribution in [0.15, 0.2) is 0 Å². The van der Waals surface area contributed by atoms with Crippen LogP contribution in [0.1, 0.15) is 13.3 Å². The molecule has 0 bridgehead atoms. The van der Waals surface area contributed by atoms with Gasteiger partial charge >= 0.3 is 0 Å². The zero-order chi connectivity index (χ0) is 8.85. The quantitative estimate of drug-likeness (QED) is 0.568. The van der Waals surface area contributed by atoms with Crippen LogP contribution in [0.4, 0.5) is 0 Å². The van der Waals surface area contributed by atoms with Crippen molar-refractivity contribution in [2.24, 2.45) is 0 Å². The highest BCUT2D eigenvalue weighted by Gasteiger charge is 2.12. The van der Waals surface area contributed by atoms with E-state index in [1.165, 1.54) is 11.8 Å². The molecule has 4 heteroatoms. The summed E-state index contributed by atoms with van der Waals surface area (Å²) in [6, 6.07) is 0. The highest BCUT2D eigenvalue weighted by molar-refractivity contribution is 5.79. The average Bonchev–Trinajstić information content (AvgIpc) is 1.98. The predicted molar refractivity (Wildman–Crippen MR) is 41.0 cm³/mol. The van der Waals surface area contributed by atoms with Gasteiger partial charge in [0.2, 0.25) is 0 Å². The summed E-state index contributed by atoms with van der Waals surface area (Å²) in [5.41, 5.74) is 0. The van der Waals surface area contributed by atoms with Crippen LogP contribution < -0.4 is 0 Å². The van der Waals surface area contributed by atoms with E-state index in [0.29, 0.717) is 13.0 Å². The van der Waals surface area contributed by atoms with Gasteiger partial charge in [0.1, 0.15) is 6.10 Å². The summed E-state index contributed by atoms with van der Waals surface area (Å²) in [7, 11) is 1.60. The van der Waals surface area contributed by atoms with Gasteiger partial charge in [-0.25, -0.2) is 0 Å². The molecule has 0 rings (SSSR count). The van der Waals surface area contributed by atoms with Crippen LogP contribution in [-0.4, -0.2) is 47.3 Å². The number of aliphatic hydroxyl groups is 2. The molecule has 4 nitrogen and oxygen atoms in total. The summed E-state index contributed by atoms with van der Waals surface area (Å²) < 4.78 is 0. The first-order chi connectivity index (χ1) is 5.09. The second-order valence-electron chi connectivity index (χ2n) is 2.51. The first kappa shape index (κ1) is 10.4. The van der Waals surface area contributed by atoms with Crippen LogP contribution in [0.2, 0.25) is 0 Å². The lowest BCUT2D eigenvalue weighted by Gasteiger charge is -2.17. The van der Waals surface area contributed by atoms with Crippen LogP contribution >= 0.6 is 0 Å². The average molecular weight is 161 g/mol. The second-order valence-corrected chi connectivity index (χ2v) is 2.51. The van der Waals surface area contributed by atoms with Crippen molar-refractivity contribution in [1.29, 1.82) is 0 Å². The summed E-state index contributed by atoms with van der Waals surface area (Å²) in [6.07, 6.45) is -0.395. The van der Waals surface area contributed by atoms with Gasteiger partial charge in [-0.3, -0.25) is 4.79 Å². The van der Waals surface area contributed by atoms with Gasteiger partial charge in [0.05, 0.1) is 0 Å². The van der Waals surface area contributed by atoms with Crippen molar-refractivity contribution in [1.82, 2.24) is 4.90 Å². The molecule has 0 aliphatic carbocycles. The molecule has 0 spiro atoms. The molecule has 1 unspecified atom stereocenters. The Hall–Kier alpha value is -0.610. The molecular weight excluding hydrogens is 146 g/mol. The Morgan fingerprint density at radius 3 is 2.55 bits per heavy atom. The molecule has 2 N–H and O–H groups in total. The first-order valence-electron chi connectivity index (χ1n) is 3.63. The number of carbonyl (C=O) groups excluding carboxylic acids is 1. The molecular formula is C7H15NO3. The molecule has 1 atom stereocenters. The third kappa shape index (κ3) is 3.95. The van der Waals surface area contributed by atoms with Gasteiger partial charge in [0, 0.05) is 20.2 Å². The number of hydrogen-bond acceptors (Lipinski definition) is 3. The normalized spacial score (nSPS) is 12.7. The van der Waals surface area contributed by atoms with Crippen LogP contribution in [0.5, 0.6) is 0 Å². The Bertz CT molecular complexity index is 125. The zero-order valence-corrected chi connectivity index (χ0v) is 6.95. The Morgan fingerprint density at radius 2 is 2.18 bits per heavy atom. The smallest absolute Gasteiger partial charge is 0.250 e. The summed E-state index contributed by atoms with van der Waals surface area (Å²) in [5, 5.41) is 17.3. The Morgan fingerprint density at radius 1 is 1.64 bits per heavy atom. The Balaban J connectivity index is 3.64. The van der Waals surface area contributed by atoms with Gasteiger partial charge < -0.3 is 15.1 Å². The SMILES string of the molecule is CC(O)C(=O)N(C)CCCO. The van der Waals surface area contributed by atoms with E-state index >= 15 is 0 Å². The minimum Gasteiger partial charge on any atom is -0.396 e. The number of hydrogen-bond donors (Lipinski definition) is 2. The maximum Gasteiger partial charge on any atom is 0.250 e. The van der Waals surface area contributed by atoms with Gasteiger partial charge in [-0.1, -0.05) is 0 Å². The van der Waals surface area contributed by atoms with E-state index in [1.807, 2.05) is 0 Å². The molecule has 0 aromatic heterocycles. The molecule has 11 heavy (non-hydrogen) atoms. The van der Waals surface area contributed by atoms with E-state index in [0.717, 1.165) is 0 Å². The number of aliphatic hydroxyl groups excluding tert-OH is 2. The molecule has 0 saturated heterocycles. The van der Waals surface area contributed by atoms with Crippen LogP contribution in [0.3, 0.4) is 0 Å². The highest BCUT2D eigenvalue weighted by Crippen LogP contribution is 1.92. The number of amides is 1. The van der Waals surface area contributed by atoms with Gasteiger partial charge in [0.15, 0.2) is 0 Å². The maximum atomic E-state index is 10.9. The van der Waals surface area contributed by atoms with Crippen LogP contribution in [0.25, 0.3) is 0 Å². The monoisotopic (exact) mass is 161 g/mol. The lowest BCUT2D eigenvalue weighted by molar-refractivity contribution is -0.137. The number of rotatable bonds is 4. The molecule has 0 fully saturated rings. The highest BCUT2D eigenvalue weighted by atomic mass is 16.3. The fourth-order valence-electron chi connectivity index (χ4n) is 0.737. The standard InChI is InChI=1S/C7H15NO3/c1-6(10)7(11)8(2)4-3-5-9/h6,9-10H,3-5H2,1-2H3. The van der Waals surface area contributed by atoms with Gasteiger partial charge in [-0.15, -0.1) is 0 Å². The van der Waals surface area contributed by atoms with Crippen molar-refractivity contribution in [3.05, 3.63) is 0 Å². The summed E-state index contributed by atoms with van der Waals surface area (Å²) in [4.78, 5) is 12.3. The molecule has 0 heterocycles. The third-order valence-electron chi connectivity index (χ3n) is 1.39. The minimum absolute atomic E-state index is 0.0669. The third-order valence-corrected chi connectivity index (χ3v) is 1.39. The molecule has 0 aromatic rings. The number of likely N-dealkylation sites (N-methyl/N-ethyl adjacent to an activating group) is 1. The molecule has 0 aromatic carbocycles. The van der Waals surface area contributed by atoms with Crippen LogP contribution in [0, 0.1) is 0 Å². The van der Waals surface area contributed by atoms with Gasteiger partial charge in [-0.2, -0.15) is 0 Å². The van der Waals surface area contributed by atoms with Crippen molar-refractivity contribution in [2.75, 3.05) is 20.2 Å². The van der Waals surface area contributed by atoms with E-state index in [2.05, 4.69) is 0 Å². The van der Waals surface area contributed by atoms with E-state index in [9.17, 15) is 4.79 Å². The van der Waals surface area contributed by atoms with Crippen molar-refractivity contribution < 1.29 is 15.0 Å². The van der Waals surface area contributed by atoms with Crippen molar-refractivity contribution in [2.45, 2.75) is 19.4 Å². The van der Waals surface area contributed by atoms with E-state index in [1.54, 1.807) is 7.05 Å². The fraction of sp³-hybridized carbons (Fsp3) is 0.857. The lowest BCUT2D eigenvalue weighted by Crippen LogP contribution is -2.35. The molecule has 1 amide bonds. The Labute approximate surface area is 66.4 Å². The Kier molecular flexibility index (Phi) is 4.81. The minimum atomic E-state index is -0.946. The van der Waals surface area contributed by atoms with Crippen molar-refractivity contribution >= 4 is 5.91 Å².